The number of aromatic nitrogens is 4. The van der Waals surface area contributed by atoms with Gasteiger partial charge in [0.15, 0.2) is 0 Å². The Morgan fingerprint density at radius 3 is 2.64 bits per heavy atom. The first kappa shape index (κ1) is 22.3. The molecule has 1 aliphatic rings. The zero-order valence-electron chi connectivity index (χ0n) is 19.5. The number of halogens is 1. The van der Waals surface area contributed by atoms with Gasteiger partial charge in [0.05, 0.1) is 23.6 Å². The molecule has 4 heterocycles. The van der Waals surface area contributed by atoms with Crippen LogP contribution in [0.4, 0.5) is 4.39 Å². The quantitative estimate of drug-likeness (QED) is 0.336. The Kier molecular flexibility index (Phi) is 5.65. The predicted octanol–water partition coefficient (Wildman–Crippen LogP) is 4.98. The lowest BCUT2D eigenvalue weighted by Gasteiger charge is -2.29. The van der Waals surface area contributed by atoms with E-state index < -0.39 is 5.82 Å². The molecule has 6 rings (SSSR count). The van der Waals surface area contributed by atoms with Gasteiger partial charge >= 0.3 is 0 Å². The fourth-order valence-electron chi connectivity index (χ4n) is 5.07. The number of fused-ring (bicyclic) bond motifs is 3. The molecule has 180 valence electrons. The summed E-state index contributed by atoms with van der Waals surface area (Å²) in [5, 5.41) is 4.55. The largest absolute Gasteiger partial charge is 0.348 e. The molecule has 1 amide bonds. The van der Waals surface area contributed by atoms with Gasteiger partial charge in [-0.3, -0.25) is 14.8 Å². The second-order valence-corrected chi connectivity index (χ2v) is 9.29. The molecule has 0 bridgehead atoms. The summed E-state index contributed by atoms with van der Waals surface area (Å²) in [4.78, 5) is 29.1. The number of carbonyl (C=O) groups excluding carboxylic acids is 1. The van der Waals surface area contributed by atoms with Crippen LogP contribution < -0.4 is 11.1 Å². The summed E-state index contributed by atoms with van der Waals surface area (Å²) < 4.78 is 15.3. The van der Waals surface area contributed by atoms with Gasteiger partial charge in [-0.25, -0.2) is 9.37 Å². The van der Waals surface area contributed by atoms with E-state index in [0.717, 1.165) is 47.8 Å². The van der Waals surface area contributed by atoms with E-state index in [1.807, 2.05) is 18.2 Å². The summed E-state index contributed by atoms with van der Waals surface area (Å²) in [6.07, 6.45) is 10.4. The van der Waals surface area contributed by atoms with Crippen molar-refractivity contribution in [2.45, 2.75) is 37.8 Å². The molecule has 0 spiro atoms. The molecule has 0 unspecified atom stereocenters. The van der Waals surface area contributed by atoms with Crippen LogP contribution in [-0.2, 0) is 0 Å². The van der Waals surface area contributed by atoms with Crippen molar-refractivity contribution in [2.75, 3.05) is 0 Å². The average molecular weight is 481 g/mol. The molecule has 1 fully saturated rings. The highest BCUT2D eigenvalue weighted by Crippen LogP contribution is 2.36. The molecular weight excluding hydrogens is 455 g/mol. The van der Waals surface area contributed by atoms with Crippen molar-refractivity contribution < 1.29 is 9.18 Å². The number of carbonyl (C=O) groups is 1. The maximum Gasteiger partial charge on any atom is 0.251 e. The number of nitrogens with one attached hydrogen (secondary N) is 2. The van der Waals surface area contributed by atoms with E-state index in [0.29, 0.717) is 27.7 Å². The summed E-state index contributed by atoms with van der Waals surface area (Å²) in [5.41, 5.74) is 10.7. The minimum absolute atomic E-state index is 0.0166. The van der Waals surface area contributed by atoms with Crippen molar-refractivity contribution in [1.29, 1.82) is 0 Å². The minimum Gasteiger partial charge on any atom is -0.348 e. The molecule has 1 aromatic carbocycles. The molecule has 36 heavy (non-hydrogen) atoms. The third-order valence-corrected chi connectivity index (χ3v) is 6.99. The standard InChI is InChI=1S/C28H25FN6O/c29-20-14-33-27-26(19-12-23(32-15-24(19)34-27)18-4-3-11-31-13-18)25(20)16-7-9-17(10-8-16)28(36)35-22-6-2-1-5-21(22)30/h3-4,7-15,21-22H,1-2,5-6,30H2,(H,33,34)(H,35,36)/t21-,22-/m0/s1. The minimum atomic E-state index is -0.437. The lowest BCUT2D eigenvalue weighted by atomic mass is 9.91. The number of nitrogens with two attached hydrogens (primary N) is 1. The monoisotopic (exact) mass is 480 g/mol. The van der Waals surface area contributed by atoms with E-state index >= 15 is 4.39 Å². The van der Waals surface area contributed by atoms with E-state index in [2.05, 4.69) is 25.3 Å². The van der Waals surface area contributed by atoms with Crippen LogP contribution in [0.25, 0.3) is 44.3 Å². The van der Waals surface area contributed by atoms with Crippen molar-refractivity contribution in [3.8, 4) is 22.4 Å². The molecule has 2 atom stereocenters. The Morgan fingerprint density at radius 2 is 1.86 bits per heavy atom. The average Bonchev–Trinajstić information content (AvgIpc) is 3.28. The number of amides is 1. The number of aromatic amines is 1. The maximum atomic E-state index is 15.3. The number of hydrogen-bond acceptors (Lipinski definition) is 5. The van der Waals surface area contributed by atoms with Gasteiger partial charge < -0.3 is 16.0 Å². The second-order valence-electron chi connectivity index (χ2n) is 9.29. The molecule has 0 radical (unpaired) electrons. The van der Waals surface area contributed by atoms with Crippen LogP contribution in [0.2, 0.25) is 0 Å². The Morgan fingerprint density at radius 1 is 1.03 bits per heavy atom. The van der Waals surface area contributed by atoms with E-state index in [-0.39, 0.29) is 18.0 Å². The first-order chi connectivity index (χ1) is 17.6. The Labute approximate surface area is 207 Å². The van der Waals surface area contributed by atoms with Crippen LogP contribution in [0.5, 0.6) is 0 Å². The van der Waals surface area contributed by atoms with E-state index in [1.165, 1.54) is 6.20 Å². The summed E-state index contributed by atoms with van der Waals surface area (Å²) in [6, 6.07) is 12.7. The Bertz CT molecular complexity index is 1560. The number of nitrogens with zero attached hydrogens (tertiary/aromatic N) is 3. The number of H-pyrrole nitrogens is 1. The van der Waals surface area contributed by atoms with Gasteiger partial charge in [-0.05, 0) is 48.7 Å². The number of hydrogen-bond donors (Lipinski definition) is 3. The molecular formula is C28H25FN6O. The van der Waals surface area contributed by atoms with Crippen molar-refractivity contribution in [2.24, 2.45) is 5.73 Å². The van der Waals surface area contributed by atoms with Crippen LogP contribution in [0, 0.1) is 5.82 Å². The molecule has 1 aliphatic carbocycles. The highest BCUT2D eigenvalue weighted by Gasteiger charge is 2.24. The van der Waals surface area contributed by atoms with Crippen LogP contribution >= 0.6 is 0 Å². The SMILES string of the molecule is N[C@H]1CCCC[C@@H]1NC(=O)c1ccc(-c2c(F)cnc3[nH]c4cnc(-c5cccnc5)cc4c23)cc1. The summed E-state index contributed by atoms with van der Waals surface area (Å²) in [5.74, 6) is -0.600. The molecule has 5 aromatic rings. The summed E-state index contributed by atoms with van der Waals surface area (Å²) in [7, 11) is 0. The van der Waals surface area contributed by atoms with Crippen LogP contribution in [0.3, 0.4) is 0 Å². The smallest absolute Gasteiger partial charge is 0.251 e. The lowest BCUT2D eigenvalue weighted by molar-refractivity contribution is 0.0921. The first-order valence-electron chi connectivity index (χ1n) is 12.1. The fourth-order valence-corrected chi connectivity index (χ4v) is 5.07. The van der Waals surface area contributed by atoms with Crippen molar-refractivity contribution in [3.63, 3.8) is 0 Å². The van der Waals surface area contributed by atoms with E-state index in [4.69, 9.17) is 5.73 Å². The molecule has 4 aromatic heterocycles. The van der Waals surface area contributed by atoms with Gasteiger partial charge in [-0.15, -0.1) is 0 Å². The Balaban J connectivity index is 1.39. The van der Waals surface area contributed by atoms with Gasteiger partial charge in [0, 0.05) is 51.9 Å². The highest BCUT2D eigenvalue weighted by molar-refractivity contribution is 6.13. The zero-order chi connectivity index (χ0) is 24.6. The first-order valence-corrected chi connectivity index (χ1v) is 12.1. The summed E-state index contributed by atoms with van der Waals surface area (Å²) >= 11 is 0. The molecule has 7 nitrogen and oxygen atoms in total. The fraction of sp³-hybridized carbons (Fsp3) is 0.214. The van der Waals surface area contributed by atoms with Crippen LogP contribution in [0.15, 0.2) is 67.3 Å². The third kappa shape index (κ3) is 3.99. The van der Waals surface area contributed by atoms with Crippen LogP contribution in [0.1, 0.15) is 36.0 Å². The number of rotatable bonds is 4. The van der Waals surface area contributed by atoms with Gasteiger partial charge in [0.1, 0.15) is 11.5 Å². The van der Waals surface area contributed by atoms with Crippen molar-refractivity contribution in [3.05, 3.63) is 78.6 Å². The summed E-state index contributed by atoms with van der Waals surface area (Å²) in [6.45, 7) is 0. The molecule has 8 heteroatoms. The lowest BCUT2D eigenvalue weighted by Crippen LogP contribution is -2.49. The topological polar surface area (TPSA) is 110 Å². The van der Waals surface area contributed by atoms with Gasteiger partial charge in [-0.1, -0.05) is 25.0 Å². The zero-order valence-corrected chi connectivity index (χ0v) is 19.5. The highest BCUT2D eigenvalue weighted by atomic mass is 19.1. The van der Waals surface area contributed by atoms with Gasteiger partial charge in [0.2, 0.25) is 0 Å². The molecule has 0 saturated heterocycles. The van der Waals surface area contributed by atoms with E-state index in [9.17, 15) is 4.79 Å². The van der Waals surface area contributed by atoms with Crippen LogP contribution in [-0.4, -0.2) is 37.9 Å². The third-order valence-electron chi connectivity index (χ3n) is 6.99. The Hall–Kier alpha value is -4.17. The second kappa shape index (κ2) is 9.13. The maximum absolute atomic E-state index is 15.3. The number of benzene rings is 1. The van der Waals surface area contributed by atoms with Gasteiger partial charge in [0.25, 0.3) is 5.91 Å². The van der Waals surface area contributed by atoms with Gasteiger partial charge in [-0.2, -0.15) is 0 Å². The normalized spacial score (nSPS) is 17.9. The molecule has 4 N–H and O–H groups in total. The molecule has 1 saturated carbocycles. The van der Waals surface area contributed by atoms with Crippen molar-refractivity contribution >= 4 is 27.8 Å². The predicted molar refractivity (Wildman–Crippen MR) is 138 cm³/mol. The number of pyridine rings is 3. The molecule has 0 aliphatic heterocycles. The van der Waals surface area contributed by atoms with E-state index in [1.54, 1.807) is 42.9 Å². The van der Waals surface area contributed by atoms with Crippen molar-refractivity contribution in [1.82, 2.24) is 25.3 Å².